The van der Waals surface area contributed by atoms with E-state index in [1.165, 1.54) is 5.56 Å². The van der Waals surface area contributed by atoms with E-state index in [0.717, 1.165) is 31.6 Å². The Morgan fingerprint density at radius 1 is 1.11 bits per heavy atom. The van der Waals surface area contributed by atoms with E-state index in [9.17, 15) is 9.59 Å². The van der Waals surface area contributed by atoms with Crippen LogP contribution in [-0.2, 0) is 13.1 Å². The molecule has 2 amide bonds. The van der Waals surface area contributed by atoms with Crippen molar-refractivity contribution < 1.29 is 14.7 Å². The number of aromatic carboxylic acids is 1. The number of nitrogens with one attached hydrogen (secondary N) is 1. The largest absolute Gasteiger partial charge is 0.478 e. The Balaban J connectivity index is 1.46. The molecule has 2 aromatic rings. The lowest BCUT2D eigenvalue weighted by Crippen LogP contribution is -2.44. The molecule has 0 aliphatic carbocycles. The highest BCUT2D eigenvalue weighted by molar-refractivity contribution is 5.87. The smallest absolute Gasteiger partial charge is 0.335 e. The summed E-state index contributed by atoms with van der Waals surface area (Å²) >= 11 is 0. The van der Waals surface area contributed by atoms with Crippen molar-refractivity contribution in [2.45, 2.75) is 25.6 Å². The van der Waals surface area contributed by atoms with Gasteiger partial charge in [-0.3, -0.25) is 4.90 Å². The number of carboxylic acids is 1. The van der Waals surface area contributed by atoms with E-state index in [1.807, 2.05) is 25.2 Å². The van der Waals surface area contributed by atoms with Crippen LogP contribution in [0, 0.1) is 0 Å². The van der Waals surface area contributed by atoms with E-state index < -0.39 is 5.97 Å². The van der Waals surface area contributed by atoms with Crippen molar-refractivity contribution in [3.05, 3.63) is 71.3 Å². The Morgan fingerprint density at radius 3 is 2.48 bits per heavy atom. The summed E-state index contributed by atoms with van der Waals surface area (Å²) in [5, 5.41) is 11.8. The Bertz CT molecular complexity index is 777. The van der Waals surface area contributed by atoms with Crippen LogP contribution in [0.25, 0.3) is 0 Å². The minimum atomic E-state index is -0.952. The first-order chi connectivity index (χ1) is 13.0. The maximum Gasteiger partial charge on any atom is 0.335 e. The number of hydrogen-bond donors (Lipinski definition) is 2. The third kappa shape index (κ3) is 5.08. The molecular formula is C21H25N3O3. The highest BCUT2D eigenvalue weighted by atomic mass is 16.4. The number of carbonyl (C=O) groups excluding carboxylic acids is 1. The number of rotatable bonds is 6. The van der Waals surface area contributed by atoms with Gasteiger partial charge >= 0.3 is 12.0 Å². The van der Waals surface area contributed by atoms with E-state index >= 15 is 0 Å². The number of carboxylic acid groups (broad SMARTS) is 1. The monoisotopic (exact) mass is 367 g/mol. The summed E-state index contributed by atoms with van der Waals surface area (Å²) in [7, 11) is 1.83. The van der Waals surface area contributed by atoms with Crippen molar-refractivity contribution in [1.29, 1.82) is 0 Å². The van der Waals surface area contributed by atoms with Gasteiger partial charge in [-0.1, -0.05) is 42.5 Å². The van der Waals surface area contributed by atoms with E-state index in [4.69, 9.17) is 5.11 Å². The zero-order valence-electron chi connectivity index (χ0n) is 15.5. The van der Waals surface area contributed by atoms with Crippen LogP contribution in [0.2, 0.25) is 0 Å². The first-order valence-corrected chi connectivity index (χ1v) is 9.12. The summed E-state index contributed by atoms with van der Waals surface area (Å²) in [6, 6.07) is 17.0. The van der Waals surface area contributed by atoms with Gasteiger partial charge in [-0.05, 0) is 29.7 Å². The molecule has 0 aromatic heterocycles. The standard InChI is InChI=1S/C21H25N3O3/c1-23(19-11-12-24(15-19)14-17-5-3-2-4-6-17)21(27)22-13-16-7-9-18(10-8-16)20(25)26/h2-10,19H,11-15H2,1H3,(H,22,27)(H,25,26). The van der Waals surface area contributed by atoms with Crippen LogP contribution in [0.3, 0.4) is 0 Å². The number of benzene rings is 2. The summed E-state index contributed by atoms with van der Waals surface area (Å²) in [6.45, 7) is 3.13. The minimum absolute atomic E-state index is 0.108. The third-order valence-electron chi connectivity index (χ3n) is 5.01. The lowest BCUT2D eigenvalue weighted by Gasteiger charge is -2.25. The van der Waals surface area contributed by atoms with Gasteiger partial charge in [-0.15, -0.1) is 0 Å². The Morgan fingerprint density at radius 2 is 1.81 bits per heavy atom. The van der Waals surface area contributed by atoms with Gasteiger partial charge in [0.05, 0.1) is 5.56 Å². The Hall–Kier alpha value is -2.86. The van der Waals surface area contributed by atoms with Gasteiger partial charge in [0.2, 0.25) is 0 Å². The van der Waals surface area contributed by atoms with Crippen LogP contribution in [0.5, 0.6) is 0 Å². The second-order valence-corrected chi connectivity index (χ2v) is 6.93. The number of likely N-dealkylation sites (N-methyl/N-ethyl adjacent to an activating group) is 1. The van der Waals surface area contributed by atoms with Gasteiger partial charge in [-0.25, -0.2) is 9.59 Å². The summed E-state index contributed by atoms with van der Waals surface area (Å²) in [5.41, 5.74) is 2.40. The molecule has 27 heavy (non-hydrogen) atoms. The molecule has 1 fully saturated rings. The number of likely N-dealkylation sites (tertiary alicyclic amines) is 1. The van der Waals surface area contributed by atoms with Crippen molar-refractivity contribution in [2.75, 3.05) is 20.1 Å². The fourth-order valence-electron chi connectivity index (χ4n) is 3.35. The van der Waals surface area contributed by atoms with Gasteiger partial charge in [-0.2, -0.15) is 0 Å². The topological polar surface area (TPSA) is 72.9 Å². The van der Waals surface area contributed by atoms with Crippen molar-refractivity contribution >= 4 is 12.0 Å². The molecule has 142 valence electrons. The molecular weight excluding hydrogens is 342 g/mol. The van der Waals surface area contributed by atoms with Crippen LogP contribution < -0.4 is 5.32 Å². The van der Waals surface area contributed by atoms with E-state index in [1.54, 1.807) is 29.2 Å². The first-order valence-electron chi connectivity index (χ1n) is 9.12. The van der Waals surface area contributed by atoms with Gasteiger partial charge in [0.15, 0.2) is 0 Å². The van der Waals surface area contributed by atoms with Crippen LogP contribution in [0.15, 0.2) is 54.6 Å². The molecule has 0 bridgehead atoms. The summed E-state index contributed by atoms with van der Waals surface area (Å²) in [6.07, 6.45) is 0.962. The maximum atomic E-state index is 12.4. The molecule has 2 aromatic carbocycles. The fraction of sp³-hybridized carbons (Fsp3) is 0.333. The molecule has 6 heteroatoms. The molecule has 1 aliphatic heterocycles. The Labute approximate surface area is 159 Å². The quantitative estimate of drug-likeness (QED) is 0.823. The molecule has 2 N–H and O–H groups in total. The van der Waals surface area contributed by atoms with Crippen LogP contribution >= 0.6 is 0 Å². The van der Waals surface area contributed by atoms with Gasteiger partial charge < -0.3 is 15.3 Å². The van der Waals surface area contributed by atoms with E-state index in [0.29, 0.717) is 6.54 Å². The molecule has 1 saturated heterocycles. The fourth-order valence-corrected chi connectivity index (χ4v) is 3.35. The second kappa shape index (κ2) is 8.68. The van der Waals surface area contributed by atoms with Gasteiger partial charge in [0.1, 0.15) is 0 Å². The summed E-state index contributed by atoms with van der Waals surface area (Å²) < 4.78 is 0. The number of nitrogens with zero attached hydrogens (tertiary/aromatic N) is 2. The SMILES string of the molecule is CN(C(=O)NCc1ccc(C(=O)O)cc1)C1CCN(Cc2ccccc2)C1. The zero-order chi connectivity index (χ0) is 19.2. The van der Waals surface area contributed by atoms with E-state index in [2.05, 4.69) is 22.3 Å². The maximum absolute atomic E-state index is 12.4. The number of amides is 2. The first kappa shape index (κ1) is 18.9. The molecule has 3 rings (SSSR count). The number of hydrogen-bond acceptors (Lipinski definition) is 3. The molecule has 6 nitrogen and oxygen atoms in total. The molecule has 1 aliphatic rings. The lowest BCUT2D eigenvalue weighted by atomic mass is 10.1. The predicted octanol–water partition coefficient (Wildman–Crippen LogP) is 2.80. The summed E-state index contributed by atoms with van der Waals surface area (Å²) in [4.78, 5) is 27.5. The van der Waals surface area contributed by atoms with E-state index in [-0.39, 0.29) is 17.6 Å². The van der Waals surface area contributed by atoms with Crippen molar-refractivity contribution in [2.24, 2.45) is 0 Å². The average molecular weight is 367 g/mol. The third-order valence-corrected chi connectivity index (χ3v) is 5.01. The zero-order valence-corrected chi connectivity index (χ0v) is 15.5. The van der Waals surface area contributed by atoms with Gasteiger partial charge in [0, 0.05) is 39.3 Å². The molecule has 1 atom stereocenters. The molecule has 1 heterocycles. The normalized spacial score (nSPS) is 16.9. The summed E-state index contributed by atoms with van der Waals surface area (Å²) in [5.74, 6) is -0.952. The van der Waals surface area contributed by atoms with Crippen LogP contribution in [0.1, 0.15) is 27.9 Å². The molecule has 1 unspecified atom stereocenters. The molecule has 0 spiro atoms. The highest BCUT2D eigenvalue weighted by Gasteiger charge is 2.28. The highest BCUT2D eigenvalue weighted by Crippen LogP contribution is 2.17. The minimum Gasteiger partial charge on any atom is -0.478 e. The van der Waals surface area contributed by atoms with Crippen molar-refractivity contribution in [3.63, 3.8) is 0 Å². The average Bonchev–Trinajstić information content (AvgIpc) is 3.15. The van der Waals surface area contributed by atoms with Crippen molar-refractivity contribution in [1.82, 2.24) is 15.1 Å². The number of carbonyl (C=O) groups is 2. The van der Waals surface area contributed by atoms with Gasteiger partial charge in [0.25, 0.3) is 0 Å². The van der Waals surface area contributed by atoms with Crippen molar-refractivity contribution in [3.8, 4) is 0 Å². The lowest BCUT2D eigenvalue weighted by molar-refractivity contribution is 0.0697. The molecule has 0 saturated carbocycles. The number of urea groups is 1. The van der Waals surface area contributed by atoms with Crippen LogP contribution in [-0.4, -0.2) is 53.1 Å². The predicted molar refractivity (Wildman–Crippen MR) is 104 cm³/mol. The molecule has 0 radical (unpaired) electrons. The van der Waals surface area contributed by atoms with Crippen LogP contribution in [0.4, 0.5) is 4.79 Å². The second-order valence-electron chi connectivity index (χ2n) is 6.93. The Kier molecular flexibility index (Phi) is 6.08.